The average molecular weight is 291 g/mol. The monoisotopic (exact) mass is 290 g/mol. The minimum absolute atomic E-state index is 0.119. The first-order valence-electron chi connectivity index (χ1n) is 4.45. The Hall–Kier alpha value is -1.17. The van der Waals surface area contributed by atoms with Gasteiger partial charge in [-0.1, -0.05) is 29.3 Å². The fourth-order valence-electron chi connectivity index (χ4n) is 1.16. The smallest absolute Gasteiger partial charge is 0.259 e. The van der Waals surface area contributed by atoms with E-state index in [-0.39, 0.29) is 15.7 Å². The van der Waals surface area contributed by atoms with Crippen LogP contribution < -0.4 is 5.32 Å². The van der Waals surface area contributed by atoms with E-state index in [9.17, 15) is 9.18 Å². The number of halogens is 3. The lowest BCUT2D eigenvalue weighted by atomic mass is 10.3. The van der Waals surface area contributed by atoms with E-state index in [4.69, 9.17) is 23.2 Å². The van der Waals surface area contributed by atoms with Gasteiger partial charge in [-0.3, -0.25) is 4.79 Å². The Balaban J connectivity index is 2.20. The molecular formula is C10H5Cl2FN2OS. The highest BCUT2D eigenvalue weighted by atomic mass is 35.5. The maximum absolute atomic E-state index is 12.8. The van der Waals surface area contributed by atoms with Crippen molar-refractivity contribution in [2.24, 2.45) is 0 Å². The number of amides is 1. The van der Waals surface area contributed by atoms with Crippen LogP contribution in [0.3, 0.4) is 0 Å². The second kappa shape index (κ2) is 5.00. The van der Waals surface area contributed by atoms with Crippen molar-refractivity contribution in [2.75, 3.05) is 5.32 Å². The van der Waals surface area contributed by atoms with Crippen molar-refractivity contribution in [2.45, 2.75) is 0 Å². The number of anilines is 1. The molecule has 2 aromatic rings. The summed E-state index contributed by atoms with van der Waals surface area (Å²) in [5.74, 6) is -1.03. The zero-order valence-corrected chi connectivity index (χ0v) is 10.5. The molecule has 0 saturated carbocycles. The van der Waals surface area contributed by atoms with E-state index in [0.717, 1.165) is 11.3 Å². The third-order valence-electron chi connectivity index (χ3n) is 1.86. The molecule has 0 bridgehead atoms. The molecule has 0 aliphatic rings. The van der Waals surface area contributed by atoms with Gasteiger partial charge in [0.05, 0.1) is 9.90 Å². The van der Waals surface area contributed by atoms with Crippen LogP contribution in [0.25, 0.3) is 0 Å². The molecule has 1 amide bonds. The van der Waals surface area contributed by atoms with Crippen molar-refractivity contribution < 1.29 is 9.18 Å². The fourth-order valence-corrected chi connectivity index (χ4v) is 2.61. The molecule has 2 heterocycles. The quantitative estimate of drug-likeness (QED) is 0.854. The molecule has 0 unspecified atom stereocenters. The van der Waals surface area contributed by atoms with E-state index in [0.29, 0.717) is 4.34 Å². The Morgan fingerprint density at radius 3 is 2.76 bits per heavy atom. The predicted octanol–water partition coefficient (Wildman–Crippen LogP) is 3.84. The van der Waals surface area contributed by atoms with E-state index in [1.807, 2.05) is 0 Å². The van der Waals surface area contributed by atoms with Crippen LogP contribution in [0.2, 0.25) is 8.67 Å². The van der Waals surface area contributed by atoms with Gasteiger partial charge in [0, 0.05) is 0 Å². The third kappa shape index (κ3) is 2.94. The topological polar surface area (TPSA) is 42.0 Å². The summed E-state index contributed by atoms with van der Waals surface area (Å²) >= 11 is 12.6. The first kappa shape index (κ1) is 12.3. The van der Waals surface area contributed by atoms with Crippen molar-refractivity contribution >= 4 is 46.3 Å². The third-order valence-corrected chi connectivity index (χ3v) is 3.35. The van der Waals surface area contributed by atoms with Crippen LogP contribution in [-0.4, -0.2) is 10.9 Å². The molecule has 88 valence electrons. The van der Waals surface area contributed by atoms with Gasteiger partial charge < -0.3 is 5.32 Å². The Kier molecular flexibility index (Phi) is 3.61. The van der Waals surface area contributed by atoms with E-state index >= 15 is 0 Å². The molecule has 0 saturated heterocycles. The number of hydrogen-bond donors (Lipinski definition) is 1. The zero-order valence-electron chi connectivity index (χ0n) is 8.21. The Morgan fingerprint density at radius 2 is 2.18 bits per heavy atom. The summed E-state index contributed by atoms with van der Waals surface area (Å²) in [7, 11) is 0. The Labute approximate surface area is 110 Å². The lowest BCUT2D eigenvalue weighted by molar-refractivity contribution is 0.102. The highest BCUT2D eigenvalue weighted by molar-refractivity contribution is 7.20. The number of nitrogens with zero attached hydrogens (tertiary/aromatic N) is 1. The lowest BCUT2D eigenvalue weighted by Crippen LogP contribution is -2.12. The molecule has 0 aromatic carbocycles. The number of aromatic nitrogens is 1. The van der Waals surface area contributed by atoms with Crippen LogP contribution in [0.1, 0.15) is 10.4 Å². The summed E-state index contributed by atoms with van der Waals surface area (Å²) in [5.41, 5.74) is 0.243. The maximum atomic E-state index is 12.8. The van der Waals surface area contributed by atoms with Gasteiger partial charge in [-0.25, -0.2) is 4.98 Å². The number of pyridine rings is 1. The number of carbonyl (C=O) groups excluding carboxylic acids is 1. The van der Waals surface area contributed by atoms with Gasteiger partial charge in [0.2, 0.25) is 5.95 Å². The normalized spacial score (nSPS) is 10.3. The van der Waals surface area contributed by atoms with Crippen LogP contribution in [-0.2, 0) is 0 Å². The van der Waals surface area contributed by atoms with E-state index < -0.39 is 11.9 Å². The molecule has 0 atom stereocenters. The number of rotatable bonds is 2. The lowest BCUT2D eigenvalue weighted by Gasteiger charge is -2.02. The van der Waals surface area contributed by atoms with E-state index in [1.54, 1.807) is 0 Å². The van der Waals surface area contributed by atoms with Gasteiger partial charge in [-0.05, 0) is 18.2 Å². The molecule has 0 spiro atoms. The van der Waals surface area contributed by atoms with E-state index in [2.05, 4.69) is 10.3 Å². The summed E-state index contributed by atoms with van der Waals surface area (Å²) in [6, 6.07) is 5.55. The molecule has 2 rings (SSSR count). The maximum Gasteiger partial charge on any atom is 0.259 e. The summed E-state index contributed by atoms with van der Waals surface area (Å²) in [6.45, 7) is 0. The van der Waals surface area contributed by atoms with Gasteiger partial charge in [-0.15, -0.1) is 11.3 Å². The molecule has 0 radical (unpaired) electrons. The molecule has 17 heavy (non-hydrogen) atoms. The number of hydrogen-bond acceptors (Lipinski definition) is 3. The Morgan fingerprint density at radius 1 is 1.41 bits per heavy atom. The molecule has 1 N–H and O–H groups in total. The summed E-state index contributed by atoms with van der Waals surface area (Å²) in [5, 5.41) is 2.43. The van der Waals surface area contributed by atoms with Gasteiger partial charge in [0.15, 0.2) is 0 Å². The van der Waals surface area contributed by atoms with Crippen molar-refractivity contribution in [3.8, 4) is 0 Å². The SMILES string of the molecule is O=C(Nc1cccc(F)n1)c1cc(Cl)sc1Cl. The van der Waals surface area contributed by atoms with Crippen LogP contribution in [0.5, 0.6) is 0 Å². The molecule has 3 nitrogen and oxygen atoms in total. The van der Waals surface area contributed by atoms with Gasteiger partial charge in [0.1, 0.15) is 10.2 Å². The number of carbonyl (C=O) groups is 1. The zero-order chi connectivity index (χ0) is 12.4. The molecule has 0 fully saturated rings. The molecule has 0 aliphatic carbocycles. The molecule has 0 aliphatic heterocycles. The fraction of sp³-hybridized carbons (Fsp3) is 0. The van der Waals surface area contributed by atoms with Crippen LogP contribution in [0.4, 0.5) is 10.2 Å². The van der Waals surface area contributed by atoms with Crippen molar-refractivity contribution in [3.05, 3.63) is 44.4 Å². The standard InChI is InChI=1S/C10H5Cl2FN2OS/c11-6-4-5(9(12)17-6)10(16)15-8-3-1-2-7(13)14-8/h1-4H,(H,14,15,16). The van der Waals surface area contributed by atoms with Crippen molar-refractivity contribution in [1.82, 2.24) is 4.98 Å². The minimum Gasteiger partial charge on any atom is -0.306 e. The molecule has 2 aromatic heterocycles. The summed E-state index contributed by atoms with van der Waals surface area (Å²) in [6.07, 6.45) is 0. The highest BCUT2D eigenvalue weighted by Crippen LogP contribution is 2.31. The van der Waals surface area contributed by atoms with Gasteiger partial charge >= 0.3 is 0 Å². The second-order valence-electron chi connectivity index (χ2n) is 3.04. The first-order chi connectivity index (χ1) is 8.06. The average Bonchev–Trinajstić information content (AvgIpc) is 2.58. The summed E-state index contributed by atoms with van der Waals surface area (Å²) < 4.78 is 13.5. The Bertz CT molecular complexity index is 573. The predicted molar refractivity (Wildman–Crippen MR) is 66.5 cm³/mol. The molecule has 7 heteroatoms. The number of thiophene rings is 1. The first-order valence-corrected chi connectivity index (χ1v) is 6.02. The minimum atomic E-state index is -0.669. The molecular weight excluding hydrogens is 286 g/mol. The van der Waals surface area contributed by atoms with Crippen LogP contribution in [0, 0.1) is 5.95 Å². The van der Waals surface area contributed by atoms with Crippen molar-refractivity contribution in [3.63, 3.8) is 0 Å². The van der Waals surface area contributed by atoms with Crippen LogP contribution >= 0.6 is 34.5 Å². The highest BCUT2D eigenvalue weighted by Gasteiger charge is 2.14. The van der Waals surface area contributed by atoms with Crippen LogP contribution in [0.15, 0.2) is 24.3 Å². The number of nitrogens with one attached hydrogen (secondary N) is 1. The summed E-state index contributed by atoms with van der Waals surface area (Å²) in [4.78, 5) is 15.3. The van der Waals surface area contributed by atoms with E-state index in [1.165, 1.54) is 24.3 Å². The van der Waals surface area contributed by atoms with Crippen molar-refractivity contribution in [1.29, 1.82) is 0 Å². The van der Waals surface area contributed by atoms with Gasteiger partial charge in [-0.2, -0.15) is 4.39 Å². The second-order valence-corrected chi connectivity index (χ2v) is 5.32. The largest absolute Gasteiger partial charge is 0.306 e. The van der Waals surface area contributed by atoms with Gasteiger partial charge in [0.25, 0.3) is 5.91 Å².